The van der Waals surface area contributed by atoms with E-state index in [1.54, 1.807) is 6.07 Å². The number of pyridine rings is 1. The number of nitrogen functional groups attached to an aromatic ring is 1. The highest BCUT2D eigenvalue weighted by Gasteiger charge is 2.01. The number of nitrogens with two attached hydrogens (primary N) is 1. The summed E-state index contributed by atoms with van der Waals surface area (Å²) in [7, 11) is 0. The van der Waals surface area contributed by atoms with Crippen molar-refractivity contribution < 1.29 is 0 Å². The Morgan fingerprint density at radius 2 is 1.69 bits per heavy atom. The first kappa shape index (κ1) is 10.7. The molecule has 0 bridgehead atoms. The van der Waals surface area contributed by atoms with E-state index in [-0.39, 0.29) is 0 Å². The van der Waals surface area contributed by atoms with Crippen molar-refractivity contribution in [1.82, 2.24) is 4.98 Å². The molecule has 1 aromatic carbocycles. The van der Waals surface area contributed by atoms with E-state index >= 15 is 0 Å². The molecule has 0 aliphatic rings. The van der Waals surface area contributed by atoms with Crippen LogP contribution >= 0.6 is 0 Å². The number of benzene rings is 1. The number of aromatic nitrogens is 1. The van der Waals surface area contributed by atoms with Crippen LogP contribution in [0.5, 0.6) is 0 Å². The van der Waals surface area contributed by atoms with Gasteiger partial charge in [-0.1, -0.05) is 44.2 Å². The Morgan fingerprint density at radius 3 is 2.25 bits per heavy atom. The average molecular weight is 212 g/mol. The van der Waals surface area contributed by atoms with Gasteiger partial charge in [-0.25, -0.2) is 4.98 Å². The monoisotopic (exact) mass is 212 g/mol. The van der Waals surface area contributed by atoms with E-state index in [4.69, 9.17) is 5.73 Å². The maximum absolute atomic E-state index is 5.66. The third-order valence-corrected chi connectivity index (χ3v) is 2.64. The molecule has 0 radical (unpaired) electrons. The van der Waals surface area contributed by atoms with Crippen LogP contribution in [0.2, 0.25) is 0 Å². The van der Waals surface area contributed by atoms with Crippen molar-refractivity contribution in [3.05, 3.63) is 48.0 Å². The Kier molecular flexibility index (Phi) is 2.91. The second-order valence-electron chi connectivity index (χ2n) is 4.22. The highest BCUT2D eigenvalue weighted by molar-refractivity contribution is 5.61. The van der Waals surface area contributed by atoms with Crippen LogP contribution in [0.3, 0.4) is 0 Å². The van der Waals surface area contributed by atoms with Gasteiger partial charge in [0.25, 0.3) is 0 Å². The zero-order valence-electron chi connectivity index (χ0n) is 9.64. The fraction of sp³-hybridized carbons (Fsp3) is 0.214. The molecule has 2 nitrogen and oxygen atoms in total. The molecule has 0 saturated heterocycles. The van der Waals surface area contributed by atoms with Crippen LogP contribution in [0.4, 0.5) is 5.82 Å². The summed E-state index contributed by atoms with van der Waals surface area (Å²) < 4.78 is 0. The lowest BCUT2D eigenvalue weighted by atomic mass is 10.0. The fourth-order valence-electron chi connectivity index (χ4n) is 1.65. The minimum absolute atomic E-state index is 0.558. The van der Waals surface area contributed by atoms with Gasteiger partial charge in [0.15, 0.2) is 0 Å². The molecule has 0 saturated carbocycles. The van der Waals surface area contributed by atoms with Crippen LogP contribution in [0.25, 0.3) is 11.3 Å². The van der Waals surface area contributed by atoms with E-state index < -0.39 is 0 Å². The molecule has 0 amide bonds. The molecule has 2 heteroatoms. The highest BCUT2D eigenvalue weighted by Crippen LogP contribution is 2.21. The minimum Gasteiger partial charge on any atom is -0.384 e. The Balaban J connectivity index is 2.35. The second kappa shape index (κ2) is 4.35. The van der Waals surface area contributed by atoms with Gasteiger partial charge in [0, 0.05) is 5.56 Å². The standard InChI is InChI=1S/C14H16N2/c1-10(2)11-6-8-12(9-7-11)13-4-3-5-14(15)16-13/h3-10H,1-2H3,(H2,15,16). The molecule has 2 rings (SSSR count). The second-order valence-corrected chi connectivity index (χ2v) is 4.22. The molecule has 1 aromatic heterocycles. The molecule has 1 heterocycles. The van der Waals surface area contributed by atoms with Crippen LogP contribution < -0.4 is 5.73 Å². The molecule has 0 unspecified atom stereocenters. The Bertz CT molecular complexity index is 472. The molecule has 16 heavy (non-hydrogen) atoms. The van der Waals surface area contributed by atoms with Crippen LogP contribution in [-0.4, -0.2) is 4.98 Å². The van der Waals surface area contributed by atoms with Gasteiger partial charge in [0.2, 0.25) is 0 Å². The minimum atomic E-state index is 0.558. The summed E-state index contributed by atoms with van der Waals surface area (Å²) in [5, 5.41) is 0. The topological polar surface area (TPSA) is 38.9 Å². The van der Waals surface area contributed by atoms with Gasteiger partial charge in [-0.05, 0) is 23.6 Å². The van der Waals surface area contributed by atoms with Gasteiger partial charge < -0.3 is 5.73 Å². The van der Waals surface area contributed by atoms with E-state index in [2.05, 4.69) is 43.1 Å². The Morgan fingerprint density at radius 1 is 1.00 bits per heavy atom. The van der Waals surface area contributed by atoms with E-state index in [1.165, 1.54) is 5.56 Å². The third-order valence-electron chi connectivity index (χ3n) is 2.64. The first-order chi connectivity index (χ1) is 7.66. The molecule has 2 N–H and O–H groups in total. The van der Waals surface area contributed by atoms with Gasteiger partial charge in [-0.15, -0.1) is 0 Å². The number of nitrogens with zero attached hydrogens (tertiary/aromatic N) is 1. The first-order valence-corrected chi connectivity index (χ1v) is 5.49. The van der Waals surface area contributed by atoms with Crippen LogP contribution in [-0.2, 0) is 0 Å². The lowest BCUT2D eigenvalue weighted by molar-refractivity contribution is 0.867. The summed E-state index contributed by atoms with van der Waals surface area (Å²) in [5.41, 5.74) is 9.04. The van der Waals surface area contributed by atoms with Crippen molar-refractivity contribution in [3.63, 3.8) is 0 Å². The van der Waals surface area contributed by atoms with Crippen molar-refractivity contribution in [1.29, 1.82) is 0 Å². The summed E-state index contributed by atoms with van der Waals surface area (Å²) in [6.45, 7) is 4.38. The zero-order valence-corrected chi connectivity index (χ0v) is 9.64. The Labute approximate surface area is 96.1 Å². The van der Waals surface area contributed by atoms with Crippen molar-refractivity contribution >= 4 is 5.82 Å². The summed E-state index contributed by atoms with van der Waals surface area (Å²) >= 11 is 0. The maximum atomic E-state index is 5.66. The molecular formula is C14H16N2. The summed E-state index contributed by atoms with van der Waals surface area (Å²) in [5.74, 6) is 1.12. The average Bonchev–Trinajstić information content (AvgIpc) is 2.29. The van der Waals surface area contributed by atoms with E-state index in [0.29, 0.717) is 11.7 Å². The van der Waals surface area contributed by atoms with Crippen LogP contribution in [0, 0.1) is 0 Å². The molecule has 0 fully saturated rings. The number of anilines is 1. The van der Waals surface area contributed by atoms with Crippen molar-refractivity contribution in [2.75, 3.05) is 5.73 Å². The predicted octanol–water partition coefficient (Wildman–Crippen LogP) is 3.45. The largest absolute Gasteiger partial charge is 0.384 e. The first-order valence-electron chi connectivity index (χ1n) is 5.49. The smallest absolute Gasteiger partial charge is 0.124 e. The Hall–Kier alpha value is -1.83. The number of hydrogen-bond donors (Lipinski definition) is 1. The summed E-state index contributed by atoms with van der Waals surface area (Å²) in [6, 6.07) is 14.2. The molecule has 2 aromatic rings. The zero-order chi connectivity index (χ0) is 11.5. The SMILES string of the molecule is CC(C)c1ccc(-c2cccc(N)n2)cc1. The maximum Gasteiger partial charge on any atom is 0.124 e. The van der Waals surface area contributed by atoms with Gasteiger partial charge in [-0.2, -0.15) is 0 Å². The lowest BCUT2D eigenvalue weighted by Gasteiger charge is -2.06. The molecular weight excluding hydrogens is 196 g/mol. The molecule has 0 aliphatic heterocycles. The number of hydrogen-bond acceptors (Lipinski definition) is 2. The fourth-order valence-corrected chi connectivity index (χ4v) is 1.65. The quantitative estimate of drug-likeness (QED) is 0.828. The number of rotatable bonds is 2. The molecule has 82 valence electrons. The van der Waals surface area contributed by atoms with Gasteiger partial charge in [0.05, 0.1) is 5.69 Å². The highest BCUT2D eigenvalue weighted by atomic mass is 14.8. The van der Waals surface area contributed by atoms with Gasteiger partial charge >= 0.3 is 0 Å². The lowest BCUT2D eigenvalue weighted by Crippen LogP contribution is -1.92. The van der Waals surface area contributed by atoms with Crippen LogP contribution in [0.1, 0.15) is 25.3 Å². The van der Waals surface area contributed by atoms with Crippen molar-refractivity contribution in [2.45, 2.75) is 19.8 Å². The summed E-state index contributed by atoms with van der Waals surface area (Å²) in [4.78, 5) is 4.30. The van der Waals surface area contributed by atoms with Gasteiger partial charge in [0.1, 0.15) is 5.82 Å². The van der Waals surface area contributed by atoms with E-state index in [1.807, 2.05) is 12.1 Å². The molecule has 0 atom stereocenters. The summed E-state index contributed by atoms with van der Waals surface area (Å²) in [6.07, 6.45) is 0. The van der Waals surface area contributed by atoms with Crippen molar-refractivity contribution in [3.8, 4) is 11.3 Å². The normalized spacial score (nSPS) is 10.7. The van der Waals surface area contributed by atoms with Crippen LogP contribution in [0.15, 0.2) is 42.5 Å². The molecule has 0 aliphatic carbocycles. The van der Waals surface area contributed by atoms with E-state index in [0.717, 1.165) is 11.3 Å². The predicted molar refractivity (Wildman–Crippen MR) is 68.2 cm³/mol. The van der Waals surface area contributed by atoms with Crippen molar-refractivity contribution in [2.24, 2.45) is 0 Å². The van der Waals surface area contributed by atoms with Gasteiger partial charge in [-0.3, -0.25) is 0 Å². The third kappa shape index (κ3) is 2.22. The molecule has 0 spiro atoms. The van der Waals surface area contributed by atoms with E-state index in [9.17, 15) is 0 Å².